The van der Waals surface area contributed by atoms with Crippen molar-refractivity contribution in [1.82, 2.24) is 15.5 Å². The summed E-state index contributed by atoms with van der Waals surface area (Å²) in [6, 6.07) is 7.67. The van der Waals surface area contributed by atoms with Gasteiger partial charge in [0.25, 0.3) is 5.91 Å². The van der Waals surface area contributed by atoms with E-state index in [1.807, 2.05) is 31.2 Å². The summed E-state index contributed by atoms with van der Waals surface area (Å²) in [5.74, 6) is 0.0302. The molecular weight excluding hydrogens is 296 g/mol. The van der Waals surface area contributed by atoms with Gasteiger partial charge in [0, 0.05) is 4.47 Å². The van der Waals surface area contributed by atoms with E-state index in [4.69, 9.17) is 5.73 Å². The van der Waals surface area contributed by atoms with Gasteiger partial charge in [0.2, 0.25) is 0 Å². The van der Waals surface area contributed by atoms with Gasteiger partial charge in [-0.2, -0.15) is 5.10 Å². The zero-order valence-corrected chi connectivity index (χ0v) is 11.4. The molecule has 4 N–H and O–H groups in total. The molecule has 1 atom stereocenters. The summed E-state index contributed by atoms with van der Waals surface area (Å²) < 4.78 is 0.976. The standard InChI is InChI=1S/C12H13BrN4O/c1-7(8-3-2-4-9(13)5-8)16-12(18)10-6-15-17-11(10)14/h2-7H,1H3,(H,16,18)(H3,14,15,17). The molecule has 0 aliphatic rings. The van der Waals surface area contributed by atoms with Crippen molar-refractivity contribution in [2.24, 2.45) is 0 Å². The summed E-state index contributed by atoms with van der Waals surface area (Å²) in [4.78, 5) is 11.9. The number of nitrogens with zero attached hydrogens (tertiary/aromatic N) is 1. The minimum Gasteiger partial charge on any atom is -0.383 e. The van der Waals surface area contributed by atoms with Crippen molar-refractivity contribution >= 4 is 27.7 Å². The molecule has 6 heteroatoms. The van der Waals surface area contributed by atoms with Gasteiger partial charge in [0.05, 0.1) is 12.2 Å². The van der Waals surface area contributed by atoms with Crippen molar-refractivity contribution in [1.29, 1.82) is 0 Å². The quantitative estimate of drug-likeness (QED) is 0.813. The van der Waals surface area contributed by atoms with Crippen LogP contribution in [0.3, 0.4) is 0 Å². The molecule has 0 radical (unpaired) electrons. The van der Waals surface area contributed by atoms with Gasteiger partial charge in [-0.05, 0) is 24.6 Å². The number of carbonyl (C=O) groups is 1. The topological polar surface area (TPSA) is 83.8 Å². The van der Waals surface area contributed by atoms with Gasteiger partial charge in [0.15, 0.2) is 0 Å². The molecule has 2 aromatic rings. The number of benzene rings is 1. The van der Waals surface area contributed by atoms with Gasteiger partial charge in [-0.3, -0.25) is 9.89 Å². The van der Waals surface area contributed by atoms with Crippen LogP contribution in [0.15, 0.2) is 34.9 Å². The molecule has 1 aromatic heterocycles. The lowest BCUT2D eigenvalue weighted by molar-refractivity contribution is 0.0941. The number of rotatable bonds is 3. The predicted octanol–water partition coefficient (Wildman–Crippen LogP) is 2.25. The molecule has 1 amide bonds. The molecule has 0 bridgehead atoms. The Labute approximate surface area is 113 Å². The van der Waals surface area contributed by atoms with Crippen molar-refractivity contribution in [2.75, 3.05) is 5.73 Å². The average molecular weight is 309 g/mol. The third kappa shape index (κ3) is 2.70. The number of nitrogen functional groups attached to an aromatic ring is 1. The zero-order valence-electron chi connectivity index (χ0n) is 9.77. The monoisotopic (exact) mass is 308 g/mol. The number of amides is 1. The number of halogens is 1. The maximum atomic E-state index is 11.9. The number of aromatic amines is 1. The Morgan fingerprint density at radius 2 is 2.33 bits per heavy atom. The normalized spacial score (nSPS) is 12.1. The van der Waals surface area contributed by atoms with E-state index in [0.29, 0.717) is 5.56 Å². The van der Waals surface area contributed by atoms with Crippen LogP contribution in [0.1, 0.15) is 28.9 Å². The molecule has 18 heavy (non-hydrogen) atoms. The third-order valence-electron chi connectivity index (χ3n) is 2.61. The van der Waals surface area contributed by atoms with Crippen molar-refractivity contribution in [3.8, 4) is 0 Å². The van der Waals surface area contributed by atoms with Gasteiger partial charge in [-0.15, -0.1) is 0 Å². The number of nitrogens with two attached hydrogens (primary N) is 1. The van der Waals surface area contributed by atoms with Crippen molar-refractivity contribution < 1.29 is 4.79 Å². The summed E-state index contributed by atoms with van der Waals surface area (Å²) in [5, 5.41) is 9.12. The summed E-state index contributed by atoms with van der Waals surface area (Å²) in [6.07, 6.45) is 1.41. The van der Waals surface area contributed by atoms with E-state index in [2.05, 4.69) is 31.4 Å². The minimum atomic E-state index is -0.242. The van der Waals surface area contributed by atoms with Gasteiger partial charge in [-0.25, -0.2) is 0 Å². The zero-order chi connectivity index (χ0) is 13.1. The molecule has 0 saturated carbocycles. The van der Waals surface area contributed by atoms with E-state index >= 15 is 0 Å². The van der Waals surface area contributed by atoms with Crippen molar-refractivity contribution in [2.45, 2.75) is 13.0 Å². The maximum Gasteiger partial charge on any atom is 0.257 e. The highest BCUT2D eigenvalue weighted by Crippen LogP contribution is 2.18. The van der Waals surface area contributed by atoms with Crippen LogP contribution in [0.5, 0.6) is 0 Å². The van der Waals surface area contributed by atoms with E-state index in [9.17, 15) is 4.79 Å². The van der Waals surface area contributed by atoms with E-state index < -0.39 is 0 Å². The highest BCUT2D eigenvalue weighted by Gasteiger charge is 2.15. The first-order valence-electron chi connectivity index (χ1n) is 5.43. The number of hydrogen-bond acceptors (Lipinski definition) is 3. The SMILES string of the molecule is CC(NC(=O)c1cn[nH]c1N)c1cccc(Br)c1. The van der Waals surface area contributed by atoms with Crippen LogP contribution in [0, 0.1) is 0 Å². The van der Waals surface area contributed by atoms with Crippen LogP contribution < -0.4 is 11.1 Å². The molecule has 5 nitrogen and oxygen atoms in total. The lowest BCUT2D eigenvalue weighted by Gasteiger charge is -2.14. The second-order valence-electron chi connectivity index (χ2n) is 3.95. The summed E-state index contributed by atoms with van der Waals surface area (Å²) in [7, 11) is 0. The first-order chi connectivity index (χ1) is 8.58. The summed E-state index contributed by atoms with van der Waals surface area (Å²) in [6.45, 7) is 1.91. The van der Waals surface area contributed by atoms with Gasteiger partial charge < -0.3 is 11.1 Å². The number of nitrogens with one attached hydrogen (secondary N) is 2. The van der Waals surface area contributed by atoms with Crippen LogP contribution in [0.25, 0.3) is 0 Å². The van der Waals surface area contributed by atoms with E-state index in [1.54, 1.807) is 0 Å². The Morgan fingerprint density at radius 1 is 1.56 bits per heavy atom. The molecule has 1 heterocycles. The largest absolute Gasteiger partial charge is 0.383 e. The number of aromatic nitrogens is 2. The molecule has 0 saturated heterocycles. The molecule has 1 aromatic carbocycles. The Morgan fingerprint density at radius 3 is 2.94 bits per heavy atom. The Bertz CT molecular complexity index is 567. The van der Waals surface area contributed by atoms with E-state index in [1.165, 1.54) is 6.20 Å². The molecule has 0 aliphatic heterocycles. The fourth-order valence-corrected chi connectivity index (χ4v) is 2.03. The second-order valence-corrected chi connectivity index (χ2v) is 4.86. The number of anilines is 1. The summed E-state index contributed by atoms with van der Waals surface area (Å²) >= 11 is 3.40. The molecule has 0 aliphatic carbocycles. The van der Waals surface area contributed by atoms with Crippen LogP contribution >= 0.6 is 15.9 Å². The van der Waals surface area contributed by atoms with Crippen molar-refractivity contribution in [3.05, 3.63) is 46.1 Å². The highest BCUT2D eigenvalue weighted by atomic mass is 79.9. The number of hydrogen-bond donors (Lipinski definition) is 3. The van der Waals surface area contributed by atoms with E-state index in [-0.39, 0.29) is 17.8 Å². The molecular formula is C12H13BrN4O. The Balaban J connectivity index is 2.10. The molecule has 94 valence electrons. The Kier molecular flexibility index (Phi) is 3.66. The lowest BCUT2D eigenvalue weighted by atomic mass is 10.1. The Hall–Kier alpha value is -1.82. The van der Waals surface area contributed by atoms with Crippen LogP contribution in [0.2, 0.25) is 0 Å². The van der Waals surface area contributed by atoms with Crippen LogP contribution in [0.4, 0.5) is 5.82 Å². The maximum absolute atomic E-state index is 11.9. The van der Waals surface area contributed by atoms with Crippen LogP contribution in [-0.2, 0) is 0 Å². The lowest BCUT2D eigenvalue weighted by Crippen LogP contribution is -2.26. The number of H-pyrrole nitrogens is 1. The van der Waals surface area contributed by atoms with Crippen molar-refractivity contribution in [3.63, 3.8) is 0 Å². The van der Waals surface area contributed by atoms with Gasteiger partial charge >= 0.3 is 0 Å². The molecule has 0 fully saturated rings. The minimum absolute atomic E-state index is 0.107. The van der Waals surface area contributed by atoms with Gasteiger partial charge in [0.1, 0.15) is 11.4 Å². The molecule has 2 rings (SSSR count). The first-order valence-corrected chi connectivity index (χ1v) is 6.22. The van der Waals surface area contributed by atoms with Crippen LogP contribution in [-0.4, -0.2) is 16.1 Å². The fraction of sp³-hybridized carbons (Fsp3) is 0.167. The second kappa shape index (κ2) is 5.22. The first kappa shape index (κ1) is 12.6. The highest BCUT2D eigenvalue weighted by molar-refractivity contribution is 9.10. The average Bonchev–Trinajstić information content (AvgIpc) is 2.75. The summed E-state index contributed by atoms with van der Waals surface area (Å²) in [5.41, 5.74) is 6.97. The van der Waals surface area contributed by atoms with E-state index in [0.717, 1.165) is 10.0 Å². The third-order valence-corrected chi connectivity index (χ3v) is 3.10. The van der Waals surface area contributed by atoms with Gasteiger partial charge in [-0.1, -0.05) is 28.1 Å². The molecule has 1 unspecified atom stereocenters. The smallest absolute Gasteiger partial charge is 0.257 e. The predicted molar refractivity (Wildman–Crippen MR) is 73.0 cm³/mol. The number of carbonyl (C=O) groups excluding carboxylic acids is 1. The molecule has 0 spiro atoms. The fourth-order valence-electron chi connectivity index (χ4n) is 1.61.